The summed E-state index contributed by atoms with van der Waals surface area (Å²) in [4.78, 5) is 107. The minimum atomic E-state index is 0.359. The molecule has 0 radical (unpaired) electrons. The van der Waals surface area contributed by atoms with Crippen LogP contribution in [0.3, 0.4) is 0 Å². The van der Waals surface area contributed by atoms with Crippen molar-refractivity contribution in [3.63, 3.8) is 0 Å². The molecule has 16 nitrogen and oxygen atoms in total. The van der Waals surface area contributed by atoms with E-state index in [-0.39, 0.29) is 0 Å². The van der Waals surface area contributed by atoms with Crippen molar-refractivity contribution >= 4 is 174 Å². The summed E-state index contributed by atoms with van der Waals surface area (Å²) in [5.41, 5.74) is 3.03. The molecule has 0 saturated carbocycles. The molecule has 4 aromatic carbocycles. The number of isocyanates is 8. The number of rotatable bonds is 8. The van der Waals surface area contributed by atoms with Crippen LogP contribution in [0.4, 0.5) is 45.5 Å². The first kappa shape index (κ1) is 53.4. The molecule has 4 rings (SSSR count). The standard InChI is InChI=1S/C8H2Br2N2O2.3C8H3BrN2O2.2C2H6/c9-5-1-6(10)8(12-4-14)2-7(5)11-3-13;2*9-7-2-1-6(10-4-12)3-8(7)11-5-13;9-8-6(10-4-12)2-1-3-7(8)11-5-13;2*1-2/h1-2H;3*1-3H;2*1-2H3. The third-order valence-electron chi connectivity index (χ3n) is 5.18. The van der Waals surface area contributed by atoms with E-state index in [2.05, 4.69) is 120 Å². The quantitative estimate of drug-likeness (QED) is 0.121. The highest BCUT2D eigenvalue weighted by atomic mass is 79.9. The smallest absolute Gasteiger partial charge is 0.211 e. The highest BCUT2D eigenvalue weighted by Gasteiger charge is 2.06. The number of hydrogen-bond donors (Lipinski definition) is 0. The second kappa shape index (κ2) is 33.6. The second-order valence-corrected chi connectivity index (χ2v) is 12.5. The molecule has 0 saturated heterocycles. The Morgan fingerprint density at radius 2 is 0.614 bits per heavy atom. The molecule has 0 amide bonds. The zero-order valence-corrected chi connectivity index (χ0v) is 37.5. The van der Waals surface area contributed by atoms with Crippen molar-refractivity contribution < 1.29 is 38.4 Å². The van der Waals surface area contributed by atoms with Gasteiger partial charge in [0.05, 0.1) is 50.0 Å². The van der Waals surface area contributed by atoms with Crippen molar-refractivity contribution in [2.45, 2.75) is 27.7 Å². The van der Waals surface area contributed by atoms with Crippen molar-refractivity contribution in [1.82, 2.24) is 0 Å². The molecule has 4 aromatic rings. The first-order chi connectivity index (χ1) is 27.5. The van der Waals surface area contributed by atoms with Crippen LogP contribution in [-0.2, 0) is 38.4 Å². The Kier molecular flexibility index (Phi) is 31.5. The van der Waals surface area contributed by atoms with Gasteiger partial charge in [0.25, 0.3) is 0 Å². The third-order valence-corrected chi connectivity index (χ3v) is 8.60. The fourth-order valence-electron chi connectivity index (χ4n) is 3.09. The molecule has 0 spiro atoms. The summed E-state index contributed by atoms with van der Waals surface area (Å²) >= 11 is 15.9. The highest BCUT2D eigenvalue weighted by molar-refractivity contribution is 9.11. The minimum absolute atomic E-state index is 0.359. The SMILES string of the molecule is CC.CC.O=C=Nc1cc(N=C=O)c(Br)cc1Br.O=C=Nc1ccc(Br)c(N=C=O)c1.O=C=Nc1ccc(Br)c(N=C=O)c1.O=C=Nc1cccc(N=C=O)c1Br. The maximum atomic E-state index is 10.0. The van der Waals surface area contributed by atoms with Gasteiger partial charge in [-0.15, -0.1) is 0 Å². The Hall–Kier alpha value is -5.68. The summed E-state index contributed by atoms with van der Waals surface area (Å²) in [6.07, 6.45) is 11.2. The molecule has 0 N–H and O–H groups in total. The van der Waals surface area contributed by atoms with Gasteiger partial charge in [-0.3, -0.25) is 0 Å². The van der Waals surface area contributed by atoms with Crippen LogP contribution in [0.2, 0.25) is 0 Å². The van der Waals surface area contributed by atoms with Gasteiger partial charge < -0.3 is 0 Å². The summed E-state index contributed by atoms with van der Waals surface area (Å²) in [6.45, 7) is 8.00. The van der Waals surface area contributed by atoms with Crippen molar-refractivity contribution in [2.75, 3.05) is 0 Å². The minimum Gasteiger partial charge on any atom is -0.211 e. The molecule has 0 bridgehead atoms. The van der Waals surface area contributed by atoms with E-state index in [0.717, 1.165) is 0 Å². The molecule has 0 atom stereocenters. The second-order valence-electron chi connectivity index (χ2n) is 8.26. The van der Waals surface area contributed by atoms with Crippen LogP contribution < -0.4 is 0 Å². The Morgan fingerprint density at radius 1 is 0.333 bits per heavy atom. The number of hydrogen-bond acceptors (Lipinski definition) is 16. The fourth-order valence-corrected chi connectivity index (χ4v) is 5.38. The largest absolute Gasteiger partial charge is 0.240 e. The van der Waals surface area contributed by atoms with Crippen molar-refractivity contribution in [3.05, 3.63) is 89.1 Å². The summed E-state index contributed by atoms with van der Waals surface area (Å²) < 4.78 is 2.97. The van der Waals surface area contributed by atoms with Gasteiger partial charge in [-0.1, -0.05) is 33.8 Å². The fraction of sp³-hybridized carbons (Fsp3) is 0.111. The summed E-state index contributed by atoms with van der Waals surface area (Å²) in [6, 6.07) is 17.3. The van der Waals surface area contributed by atoms with Crippen LogP contribution in [-0.4, -0.2) is 48.6 Å². The third kappa shape index (κ3) is 21.3. The first-order valence-corrected chi connectivity index (χ1v) is 19.0. The van der Waals surface area contributed by atoms with E-state index < -0.39 is 0 Å². The summed E-state index contributed by atoms with van der Waals surface area (Å²) in [5, 5.41) is 0. The first-order valence-electron chi connectivity index (χ1n) is 15.0. The molecule has 0 fully saturated rings. The van der Waals surface area contributed by atoms with Crippen LogP contribution in [0.25, 0.3) is 0 Å². The molecule has 21 heteroatoms. The van der Waals surface area contributed by atoms with Gasteiger partial charge in [0.2, 0.25) is 48.6 Å². The Balaban J connectivity index is 0. The molecule has 0 aromatic heterocycles. The Bertz CT molecular complexity index is 2190. The van der Waals surface area contributed by atoms with Crippen molar-refractivity contribution in [2.24, 2.45) is 39.9 Å². The maximum absolute atomic E-state index is 10.0. The average molecular weight is 1100 g/mol. The lowest BCUT2D eigenvalue weighted by atomic mass is 10.3. The number of benzene rings is 4. The van der Waals surface area contributed by atoms with E-state index in [1.165, 1.54) is 66.8 Å². The highest BCUT2D eigenvalue weighted by Crippen LogP contribution is 2.36. The van der Waals surface area contributed by atoms with Gasteiger partial charge in [0.15, 0.2) is 0 Å². The molecule has 290 valence electrons. The monoisotopic (exact) mass is 1090 g/mol. The van der Waals surface area contributed by atoms with Gasteiger partial charge in [-0.25, -0.2) is 38.4 Å². The van der Waals surface area contributed by atoms with Crippen molar-refractivity contribution in [1.29, 1.82) is 0 Å². The molecule has 0 unspecified atom stereocenters. The van der Waals surface area contributed by atoms with E-state index in [9.17, 15) is 38.4 Å². The van der Waals surface area contributed by atoms with E-state index >= 15 is 0 Å². The van der Waals surface area contributed by atoms with E-state index in [1.807, 2.05) is 27.7 Å². The van der Waals surface area contributed by atoms with Crippen LogP contribution in [0, 0.1) is 0 Å². The number of aliphatic imine (C=N–C) groups is 8. The zero-order chi connectivity index (χ0) is 43.6. The summed E-state index contributed by atoms with van der Waals surface area (Å²) in [5.74, 6) is 0. The predicted octanol–water partition coefficient (Wildman–Crippen LogP) is 12.3. The van der Waals surface area contributed by atoms with Gasteiger partial charge in [0, 0.05) is 17.9 Å². The molecule has 0 aliphatic rings. The zero-order valence-electron chi connectivity index (χ0n) is 29.6. The van der Waals surface area contributed by atoms with E-state index in [0.29, 0.717) is 67.9 Å². The topological polar surface area (TPSA) is 235 Å². The molecule has 57 heavy (non-hydrogen) atoms. The van der Waals surface area contributed by atoms with Crippen LogP contribution in [0.15, 0.2) is 129 Å². The molecule has 0 heterocycles. The Morgan fingerprint density at radius 3 is 0.912 bits per heavy atom. The lowest BCUT2D eigenvalue weighted by Gasteiger charge is -2.00. The molecule has 0 aliphatic heterocycles. The van der Waals surface area contributed by atoms with Crippen LogP contribution in [0.1, 0.15) is 27.7 Å². The van der Waals surface area contributed by atoms with Crippen molar-refractivity contribution in [3.8, 4) is 0 Å². The number of halogens is 5. The number of carbonyl (C=O) groups excluding carboxylic acids is 8. The molecular weight excluding hydrogens is 1070 g/mol. The maximum Gasteiger partial charge on any atom is 0.240 e. The van der Waals surface area contributed by atoms with Crippen LogP contribution >= 0.6 is 79.6 Å². The van der Waals surface area contributed by atoms with Gasteiger partial charge in [0.1, 0.15) is 0 Å². The molecule has 0 aliphatic carbocycles. The normalized spacial score (nSPS) is 8.09. The predicted molar refractivity (Wildman–Crippen MR) is 229 cm³/mol. The number of nitrogens with zero attached hydrogens (tertiary/aromatic N) is 8. The lowest BCUT2D eigenvalue weighted by molar-refractivity contribution is 0.564. The van der Waals surface area contributed by atoms with Crippen LogP contribution in [0.5, 0.6) is 0 Å². The average Bonchev–Trinajstić information content (AvgIpc) is 3.21. The lowest BCUT2D eigenvalue weighted by Crippen LogP contribution is -1.73. The van der Waals surface area contributed by atoms with E-state index in [4.69, 9.17) is 0 Å². The van der Waals surface area contributed by atoms with Gasteiger partial charge >= 0.3 is 0 Å². The van der Waals surface area contributed by atoms with Gasteiger partial charge in [-0.05, 0) is 140 Å². The Labute approximate surface area is 366 Å². The molecular formula is C36H23Br5N8O8. The van der Waals surface area contributed by atoms with E-state index in [1.54, 1.807) is 48.5 Å². The van der Waals surface area contributed by atoms with Gasteiger partial charge in [-0.2, -0.15) is 39.9 Å². The summed E-state index contributed by atoms with van der Waals surface area (Å²) in [7, 11) is 0.